The Labute approximate surface area is 117 Å². The maximum atomic E-state index is 11.9. The fourth-order valence-electron chi connectivity index (χ4n) is 1.85. The number of hydrogen-bond donors (Lipinski definition) is 2. The number of carbonyl (C=O) groups is 2. The van der Waals surface area contributed by atoms with E-state index in [4.69, 9.17) is 0 Å². The molecule has 0 aromatic heterocycles. The third kappa shape index (κ3) is 3.68. The molecule has 0 saturated heterocycles. The molecular formula is C16H15NO3. The van der Waals surface area contributed by atoms with Gasteiger partial charge in [0.2, 0.25) is 5.91 Å². The summed E-state index contributed by atoms with van der Waals surface area (Å²) >= 11 is 0. The van der Waals surface area contributed by atoms with E-state index >= 15 is 0 Å². The Bertz CT molecular complexity index is 632. The van der Waals surface area contributed by atoms with Crippen LogP contribution in [0.25, 0.3) is 0 Å². The molecule has 4 nitrogen and oxygen atoms in total. The van der Waals surface area contributed by atoms with Crippen LogP contribution in [0.1, 0.15) is 22.8 Å². The minimum atomic E-state index is -0.175. The van der Waals surface area contributed by atoms with Crippen LogP contribution in [0.15, 0.2) is 48.5 Å². The number of ketones is 1. The second kappa shape index (κ2) is 6.02. The summed E-state index contributed by atoms with van der Waals surface area (Å²) in [6.07, 6.45) is 0.183. The lowest BCUT2D eigenvalue weighted by Gasteiger charge is -2.06. The van der Waals surface area contributed by atoms with E-state index in [0.29, 0.717) is 11.3 Å². The number of rotatable bonds is 4. The Morgan fingerprint density at radius 3 is 2.40 bits per heavy atom. The molecule has 0 aliphatic carbocycles. The molecule has 2 aromatic rings. The van der Waals surface area contributed by atoms with Gasteiger partial charge in [-0.2, -0.15) is 0 Å². The fraction of sp³-hybridized carbons (Fsp3) is 0.125. The van der Waals surface area contributed by atoms with Crippen LogP contribution in [0, 0.1) is 0 Å². The fourth-order valence-corrected chi connectivity index (χ4v) is 1.85. The molecule has 0 atom stereocenters. The lowest BCUT2D eigenvalue weighted by atomic mass is 10.1. The molecule has 2 rings (SSSR count). The summed E-state index contributed by atoms with van der Waals surface area (Å²) in [6.45, 7) is 1.50. The van der Waals surface area contributed by atoms with Crippen LogP contribution in [-0.2, 0) is 11.2 Å². The molecule has 2 N–H and O–H groups in total. The first-order valence-corrected chi connectivity index (χ1v) is 6.23. The van der Waals surface area contributed by atoms with E-state index in [9.17, 15) is 14.7 Å². The number of benzene rings is 2. The van der Waals surface area contributed by atoms with Crippen LogP contribution in [0.5, 0.6) is 5.75 Å². The molecule has 0 heterocycles. The summed E-state index contributed by atoms with van der Waals surface area (Å²) in [4.78, 5) is 23.0. The van der Waals surface area contributed by atoms with Gasteiger partial charge in [0.05, 0.1) is 6.42 Å². The number of phenols is 1. The highest BCUT2D eigenvalue weighted by atomic mass is 16.3. The highest BCUT2D eigenvalue weighted by Gasteiger charge is 2.05. The number of amides is 1. The van der Waals surface area contributed by atoms with Gasteiger partial charge >= 0.3 is 0 Å². The van der Waals surface area contributed by atoms with E-state index in [1.807, 2.05) is 0 Å². The van der Waals surface area contributed by atoms with E-state index in [-0.39, 0.29) is 23.9 Å². The van der Waals surface area contributed by atoms with Gasteiger partial charge < -0.3 is 10.4 Å². The molecule has 0 fully saturated rings. The SMILES string of the molecule is CC(=O)c1ccc(NC(=O)Cc2cccc(O)c2)cc1. The van der Waals surface area contributed by atoms with Gasteiger partial charge in [0.15, 0.2) is 5.78 Å². The van der Waals surface area contributed by atoms with Gasteiger partial charge in [-0.25, -0.2) is 0 Å². The second-order valence-electron chi connectivity index (χ2n) is 4.53. The maximum absolute atomic E-state index is 11.9. The normalized spacial score (nSPS) is 10.1. The summed E-state index contributed by atoms with van der Waals surface area (Å²) in [5.41, 5.74) is 1.99. The van der Waals surface area contributed by atoms with Crippen molar-refractivity contribution in [1.82, 2.24) is 0 Å². The Balaban J connectivity index is 1.99. The van der Waals surface area contributed by atoms with Gasteiger partial charge in [0.1, 0.15) is 5.75 Å². The van der Waals surface area contributed by atoms with Crippen molar-refractivity contribution in [3.05, 3.63) is 59.7 Å². The summed E-state index contributed by atoms with van der Waals surface area (Å²) < 4.78 is 0. The van der Waals surface area contributed by atoms with E-state index in [0.717, 1.165) is 5.56 Å². The zero-order valence-corrected chi connectivity index (χ0v) is 11.1. The molecule has 0 aliphatic rings. The van der Waals surface area contributed by atoms with Crippen molar-refractivity contribution in [3.8, 4) is 5.75 Å². The average molecular weight is 269 g/mol. The summed E-state index contributed by atoms with van der Waals surface area (Å²) in [7, 11) is 0. The number of nitrogens with one attached hydrogen (secondary N) is 1. The highest BCUT2D eigenvalue weighted by molar-refractivity contribution is 5.96. The lowest BCUT2D eigenvalue weighted by molar-refractivity contribution is -0.115. The Kier molecular flexibility index (Phi) is 4.15. The van der Waals surface area contributed by atoms with Crippen molar-refractivity contribution in [2.75, 3.05) is 5.32 Å². The molecule has 0 saturated carbocycles. The van der Waals surface area contributed by atoms with E-state index < -0.39 is 0 Å². The van der Waals surface area contributed by atoms with Crippen LogP contribution >= 0.6 is 0 Å². The minimum Gasteiger partial charge on any atom is -0.508 e. The zero-order valence-electron chi connectivity index (χ0n) is 11.1. The van der Waals surface area contributed by atoms with Gasteiger partial charge in [-0.15, -0.1) is 0 Å². The van der Waals surface area contributed by atoms with Crippen LogP contribution in [-0.4, -0.2) is 16.8 Å². The monoisotopic (exact) mass is 269 g/mol. The zero-order chi connectivity index (χ0) is 14.5. The van der Waals surface area contributed by atoms with Crippen molar-refractivity contribution in [3.63, 3.8) is 0 Å². The van der Waals surface area contributed by atoms with Gasteiger partial charge in [0, 0.05) is 11.3 Å². The number of carbonyl (C=O) groups excluding carboxylic acids is 2. The molecule has 0 radical (unpaired) electrons. The number of anilines is 1. The topological polar surface area (TPSA) is 66.4 Å². The van der Waals surface area contributed by atoms with E-state index in [1.54, 1.807) is 48.5 Å². The first-order chi connectivity index (χ1) is 9.54. The first kappa shape index (κ1) is 13.8. The minimum absolute atomic E-state index is 0.0114. The molecule has 1 amide bonds. The molecular weight excluding hydrogens is 254 g/mol. The van der Waals surface area contributed by atoms with Gasteiger partial charge in [-0.1, -0.05) is 12.1 Å². The number of hydrogen-bond acceptors (Lipinski definition) is 3. The number of Topliss-reactive ketones (excluding diaryl/α,β-unsaturated/α-hetero) is 1. The summed E-state index contributed by atoms with van der Waals surface area (Å²) in [5, 5.41) is 12.1. The lowest BCUT2D eigenvalue weighted by Crippen LogP contribution is -2.14. The van der Waals surface area contributed by atoms with Crippen LogP contribution in [0.2, 0.25) is 0 Å². The van der Waals surface area contributed by atoms with Crippen molar-refractivity contribution >= 4 is 17.4 Å². The maximum Gasteiger partial charge on any atom is 0.228 e. The van der Waals surface area contributed by atoms with Gasteiger partial charge in [0.25, 0.3) is 0 Å². The summed E-state index contributed by atoms with van der Waals surface area (Å²) in [5.74, 6) is -0.0464. The van der Waals surface area contributed by atoms with Crippen molar-refractivity contribution < 1.29 is 14.7 Å². The number of aromatic hydroxyl groups is 1. The number of phenolic OH excluding ortho intramolecular Hbond substituents is 1. The van der Waals surface area contributed by atoms with E-state index in [2.05, 4.69) is 5.32 Å². The predicted molar refractivity (Wildman–Crippen MR) is 76.9 cm³/mol. The van der Waals surface area contributed by atoms with Gasteiger partial charge in [-0.05, 0) is 48.9 Å². The van der Waals surface area contributed by atoms with Crippen molar-refractivity contribution in [1.29, 1.82) is 0 Å². The second-order valence-corrected chi connectivity index (χ2v) is 4.53. The largest absolute Gasteiger partial charge is 0.508 e. The quantitative estimate of drug-likeness (QED) is 0.839. The van der Waals surface area contributed by atoms with Crippen molar-refractivity contribution in [2.45, 2.75) is 13.3 Å². The molecule has 20 heavy (non-hydrogen) atoms. The molecule has 0 spiro atoms. The molecule has 2 aromatic carbocycles. The molecule has 4 heteroatoms. The summed E-state index contributed by atoms with van der Waals surface area (Å²) in [6, 6.07) is 13.3. The Morgan fingerprint density at radius 2 is 1.80 bits per heavy atom. The predicted octanol–water partition coefficient (Wildman–Crippen LogP) is 2.78. The standard InChI is InChI=1S/C16H15NO3/c1-11(18)13-5-7-14(8-6-13)17-16(20)10-12-3-2-4-15(19)9-12/h2-9,19H,10H2,1H3,(H,17,20). The molecule has 0 bridgehead atoms. The molecule has 102 valence electrons. The Morgan fingerprint density at radius 1 is 1.10 bits per heavy atom. The van der Waals surface area contributed by atoms with Crippen molar-refractivity contribution in [2.24, 2.45) is 0 Å². The Hall–Kier alpha value is -2.62. The van der Waals surface area contributed by atoms with Gasteiger partial charge in [-0.3, -0.25) is 9.59 Å². The highest BCUT2D eigenvalue weighted by Crippen LogP contribution is 2.13. The third-order valence-corrected chi connectivity index (χ3v) is 2.85. The first-order valence-electron chi connectivity index (χ1n) is 6.23. The van der Waals surface area contributed by atoms with Crippen LogP contribution < -0.4 is 5.32 Å². The molecule has 0 aliphatic heterocycles. The van der Waals surface area contributed by atoms with E-state index in [1.165, 1.54) is 6.92 Å². The van der Waals surface area contributed by atoms with Crippen LogP contribution in [0.4, 0.5) is 5.69 Å². The average Bonchev–Trinajstić information content (AvgIpc) is 2.39. The van der Waals surface area contributed by atoms with Crippen LogP contribution in [0.3, 0.4) is 0 Å². The third-order valence-electron chi connectivity index (χ3n) is 2.85. The smallest absolute Gasteiger partial charge is 0.228 e. The molecule has 0 unspecified atom stereocenters.